The molecule has 0 spiro atoms. The van der Waals surface area contributed by atoms with Gasteiger partial charge in [-0.15, -0.1) is 0 Å². The fourth-order valence-electron chi connectivity index (χ4n) is 5.93. The molecular formula is C35H23Cl7O. The van der Waals surface area contributed by atoms with Crippen LogP contribution in [0.25, 0.3) is 11.1 Å². The fraction of sp³-hybridized carbons (Fsp3) is 0.143. The lowest BCUT2D eigenvalue weighted by Crippen LogP contribution is -2.24. The van der Waals surface area contributed by atoms with Crippen LogP contribution in [-0.4, -0.2) is 0 Å². The smallest absolute Gasteiger partial charge is 0.131 e. The lowest BCUT2D eigenvalue weighted by atomic mass is 9.75. The highest BCUT2D eigenvalue weighted by molar-refractivity contribution is 6.41. The molecule has 0 bridgehead atoms. The first-order chi connectivity index (χ1) is 20.4. The molecule has 6 rings (SSSR count). The molecular weight excluding hydrogens is 685 g/mol. The summed E-state index contributed by atoms with van der Waals surface area (Å²) in [4.78, 5) is 0. The van der Waals surface area contributed by atoms with Crippen molar-refractivity contribution in [3.63, 3.8) is 0 Å². The third kappa shape index (κ3) is 5.53. The van der Waals surface area contributed by atoms with Gasteiger partial charge in [-0.05, 0) is 78.2 Å². The number of fused-ring (bicyclic) bond motifs is 2. The van der Waals surface area contributed by atoms with Gasteiger partial charge in [-0.3, -0.25) is 0 Å². The van der Waals surface area contributed by atoms with Gasteiger partial charge >= 0.3 is 0 Å². The van der Waals surface area contributed by atoms with E-state index in [-0.39, 0.29) is 5.41 Å². The van der Waals surface area contributed by atoms with E-state index in [1.807, 2.05) is 61.5 Å². The first-order valence-electron chi connectivity index (χ1n) is 13.4. The van der Waals surface area contributed by atoms with Crippen LogP contribution in [-0.2, 0) is 5.41 Å². The van der Waals surface area contributed by atoms with Gasteiger partial charge in [0, 0.05) is 64.3 Å². The molecule has 1 aliphatic rings. The molecule has 1 aliphatic heterocycles. The van der Waals surface area contributed by atoms with Gasteiger partial charge in [-0.2, -0.15) is 0 Å². The molecule has 1 heterocycles. The van der Waals surface area contributed by atoms with Crippen LogP contribution in [0.2, 0.25) is 35.2 Å². The van der Waals surface area contributed by atoms with Crippen LogP contribution in [0.3, 0.4) is 0 Å². The molecule has 1 nitrogen and oxygen atoms in total. The van der Waals surface area contributed by atoms with Crippen LogP contribution in [0, 0.1) is 6.92 Å². The van der Waals surface area contributed by atoms with Gasteiger partial charge in [-0.1, -0.05) is 119 Å². The molecule has 43 heavy (non-hydrogen) atoms. The normalized spacial score (nSPS) is 14.1. The zero-order valence-electron chi connectivity index (χ0n) is 23.1. The summed E-state index contributed by atoms with van der Waals surface area (Å²) in [5.74, 6) is 1.06. The van der Waals surface area contributed by atoms with Gasteiger partial charge in [0.1, 0.15) is 11.5 Å². The fourth-order valence-corrected chi connectivity index (χ4v) is 8.50. The minimum absolute atomic E-state index is 0.300. The van der Waals surface area contributed by atoms with Crippen LogP contribution in [0.1, 0.15) is 53.1 Å². The lowest BCUT2D eigenvalue weighted by molar-refractivity contribution is 0.418. The molecule has 1 atom stereocenters. The standard InChI is InChI=1S/C35H23Cl7O/c1-17-10-23(37)33(24(38)11-17)32(34-27(41)15-20(36)16-28(34)42)19-13-25(39)31(26(40)14-19)18-8-9-30-22(12-18)35(2,3)21-6-4-5-7-29(21)43-30/h4-16,32H,1-3H3. The molecule has 0 N–H and O–H groups in total. The van der Waals surface area contributed by atoms with E-state index in [0.29, 0.717) is 57.4 Å². The molecule has 0 saturated heterocycles. The summed E-state index contributed by atoms with van der Waals surface area (Å²) >= 11 is 47.6. The maximum atomic E-state index is 7.06. The van der Waals surface area contributed by atoms with E-state index in [0.717, 1.165) is 33.8 Å². The van der Waals surface area contributed by atoms with E-state index in [2.05, 4.69) is 26.0 Å². The number of aryl methyl sites for hydroxylation is 1. The molecule has 0 aromatic heterocycles. The predicted octanol–water partition coefficient (Wildman–Crippen LogP) is 13.8. The van der Waals surface area contributed by atoms with E-state index in [1.54, 1.807) is 12.1 Å². The molecule has 8 heteroatoms. The van der Waals surface area contributed by atoms with Crippen LogP contribution < -0.4 is 4.74 Å². The number of rotatable bonds is 4. The van der Waals surface area contributed by atoms with Crippen LogP contribution in [0.4, 0.5) is 0 Å². The van der Waals surface area contributed by atoms with E-state index < -0.39 is 5.92 Å². The van der Waals surface area contributed by atoms with Crippen molar-refractivity contribution < 1.29 is 4.74 Å². The maximum Gasteiger partial charge on any atom is 0.131 e. The Balaban J connectivity index is 1.52. The van der Waals surface area contributed by atoms with Gasteiger partial charge in [0.15, 0.2) is 0 Å². The highest BCUT2D eigenvalue weighted by Gasteiger charge is 2.35. The second-order valence-electron chi connectivity index (χ2n) is 11.2. The van der Waals surface area contributed by atoms with Gasteiger partial charge in [0.25, 0.3) is 0 Å². The van der Waals surface area contributed by atoms with Crippen molar-refractivity contribution in [2.45, 2.75) is 32.1 Å². The van der Waals surface area contributed by atoms with E-state index in [4.69, 9.17) is 85.9 Å². The summed E-state index contributed by atoms with van der Waals surface area (Å²) in [6.07, 6.45) is 0. The van der Waals surface area contributed by atoms with E-state index in [1.165, 1.54) is 0 Å². The molecule has 1 unspecified atom stereocenters. The highest BCUT2D eigenvalue weighted by atomic mass is 35.5. The maximum absolute atomic E-state index is 7.06. The molecule has 0 fully saturated rings. The third-order valence-electron chi connectivity index (χ3n) is 7.96. The second-order valence-corrected chi connectivity index (χ2v) is 14.0. The Morgan fingerprint density at radius 2 is 1.12 bits per heavy atom. The molecule has 0 amide bonds. The summed E-state index contributed by atoms with van der Waals surface area (Å²) in [6, 6.07) is 24.8. The Morgan fingerprint density at radius 3 is 1.72 bits per heavy atom. The Kier molecular flexibility index (Phi) is 8.41. The van der Waals surface area contributed by atoms with Crippen LogP contribution >= 0.6 is 81.2 Å². The van der Waals surface area contributed by atoms with Gasteiger partial charge in [0.2, 0.25) is 0 Å². The van der Waals surface area contributed by atoms with Crippen molar-refractivity contribution >= 4 is 81.2 Å². The first-order valence-corrected chi connectivity index (χ1v) is 16.0. The molecule has 0 aliphatic carbocycles. The Labute approximate surface area is 286 Å². The minimum Gasteiger partial charge on any atom is -0.457 e. The molecule has 0 saturated carbocycles. The molecule has 5 aromatic carbocycles. The number of hydrogen-bond donors (Lipinski definition) is 0. The molecule has 0 radical (unpaired) electrons. The number of ether oxygens (including phenoxy) is 1. The van der Waals surface area contributed by atoms with Crippen molar-refractivity contribution in [1.82, 2.24) is 0 Å². The Morgan fingerprint density at radius 1 is 0.581 bits per heavy atom. The summed E-state index contributed by atoms with van der Waals surface area (Å²) in [5.41, 5.74) is 6.25. The summed E-state index contributed by atoms with van der Waals surface area (Å²) < 4.78 is 6.25. The number of halogens is 7. The quantitative estimate of drug-likeness (QED) is 0.169. The SMILES string of the molecule is Cc1cc(Cl)c(C(c2cc(Cl)c(-c3ccc4c(c3)C(C)(C)c3ccccc3O4)c(Cl)c2)c2c(Cl)cc(Cl)cc2Cl)c(Cl)c1. The zero-order chi connectivity index (χ0) is 30.8. The van der Waals surface area contributed by atoms with Crippen molar-refractivity contribution in [3.05, 3.63) is 147 Å². The summed E-state index contributed by atoms with van der Waals surface area (Å²) in [5, 5.41) is 2.96. The van der Waals surface area contributed by atoms with Gasteiger partial charge < -0.3 is 4.74 Å². The van der Waals surface area contributed by atoms with Crippen molar-refractivity contribution in [3.8, 4) is 22.6 Å². The predicted molar refractivity (Wildman–Crippen MR) is 184 cm³/mol. The number of benzene rings is 5. The topological polar surface area (TPSA) is 9.23 Å². The van der Waals surface area contributed by atoms with Crippen LogP contribution in [0.15, 0.2) is 78.9 Å². The Hall–Kier alpha value is -2.07. The average molecular weight is 708 g/mol. The summed E-state index contributed by atoms with van der Waals surface area (Å²) in [7, 11) is 0. The highest BCUT2D eigenvalue weighted by Crippen LogP contribution is 2.51. The second kappa shape index (κ2) is 11.7. The van der Waals surface area contributed by atoms with Gasteiger partial charge in [0.05, 0.1) is 10.0 Å². The number of hydrogen-bond acceptors (Lipinski definition) is 1. The average Bonchev–Trinajstić information content (AvgIpc) is 2.91. The first kappa shape index (κ1) is 30.9. The monoisotopic (exact) mass is 704 g/mol. The minimum atomic E-state index is -0.589. The molecule has 218 valence electrons. The van der Waals surface area contributed by atoms with E-state index >= 15 is 0 Å². The molecule has 5 aromatic rings. The van der Waals surface area contributed by atoms with Crippen molar-refractivity contribution in [2.24, 2.45) is 0 Å². The van der Waals surface area contributed by atoms with Crippen molar-refractivity contribution in [1.29, 1.82) is 0 Å². The zero-order valence-corrected chi connectivity index (χ0v) is 28.4. The Bertz CT molecular complexity index is 1800. The van der Waals surface area contributed by atoms with Crippen molar-refractivity contribution in [2.75, 3.05) is 0 Å². The van der Waals surface area contributed by atoms with Gasteiger partial charge in [-0.25, -0.2) is 0 Å². The van der Waals surface area contributed by atoms with E-state index in [9.17, 15) is 0 Å². The third-order valence-corrected chi connectivity index (χ3v) is 10.0. The van der Waals surface area contributed by atoms with Crippen LogP contribution in [0.5, 0.6) is 11.5 Å². The largest absolute Gasteiger partial charge is 0.457 e. The summed E-state index contributed by atoms with van der Waals surface area (Å²) in [6.45, 7) is 6.29. The number of para-hydroxylation sites is 1. The lowest BCUT2D eigenvalue weighted by Gasteiger charge is -2.34.